The number of halogens is 1. The Morgan fingerprint density at radius 3 is 2.90 bits per heavy atom. The molecule has 0 amide bonds. The average Bonchev–Trinajstić information content (AvgIpc) is 2.87. The van der Waals surface area contributed by atoms with Gasteiger partial charge >= 0.3 is 0 Å². The first-order valence-electron chi connectivity index (χ1n) is 6.96. The zero-order valence-electron chi connectivity index (χ0n) is 12.2. The quantitative estimate of drug-likeness (QED) is 0.779. The Labute approximate surface area is 134 Å². The lowest BCUT2D eigenvalue weighted by molar-refractivity contribution is 0.515. The maximum Gasteiger partial charge on any atom is 0.138 e. The van der Waals surface area contributed by atoms with Crippen molar-refractivity contribution >= 4 is 22.6 Å². The predicted molar refractivity (Wildman–Crippen MR) is 89.7 cm³/mol. The molecule has 5 heteroatoms. The Morgan fingerprint density at radius 1 is 1.40 bits per heavy atom. The Morgan fingerprint density at radius 2 is 2.20 bits per heavy atom. The van der Waals surface area contributed by atoms with Crippen LogP contribution >= 0.6 is 22.6 Å². The van der Waals surface area contributed by atoms with Crippen LogP contribution in [0.3, 0.4) is 0 Å². The van der Waals surface area contributed by atoms with Gasteiger partial charge in [-0.05, 0) is 54.1 Å². The number of aryl methyl sites for hydroxylation is 2. The second-order valence-corrected chi connectivity index (χ2v) is 6.00. The van der Waals surface area contributed by atoms with Crippen molar-refractivity contribution in [3.8, 4) is 0 Å². The number of benzene rings is 1. The molecule has 0 aliphatic rings. The van der Waals surface area contributed by atoms with Gasteiger partial charge in [-0.3, -0.25) is 4.68 Å². The molecule has 1 aromatic carbocycles. The van der Waals surface area contributed by atoms with Crippen molar-refractivity contribution in [2.45, 2.75) is 39.3 Å². The second kappa shape index (κ2) is 7.17. The summed E-state index contributed by atoms with van der Waals surface area (Å²) in [6.07, 6.45) is 3.58. The monoisotopic (exact) mass is 384 g/mol. The molecule has 20 heavy (non-hydrogen) atoms. The van der Waals surface area contributed by atoms with Crippen LogP contribution in [0.4, 0.5) is 0 Å². The van der Waals surface area contributed by atoms with Crippen molar-refractivity contribution < 1.29 is 0 Å². The fraction of sp³-hybridized carbons (Fsp3) is 0.467. The Bertz CT molecular complexity index is 565. The van der Waals surface area contributed by atoms with E-state index >= 15 is 0 Å². The van der Waals surface area contributed by atoms with Gasteiger partial charge in [-0.2, -0.15) is 5.10 Å². The van der Waals surface area contributed by atoms with Crippen molar-refractivity contribution in [3.63, 3.8) is 0 Å². The van der Waals surface area contributed by atoms with Crippen LogP contribution in [0, 0.1) is 10.5 Å². The molecule has 1 heterocycles. The molecule has 0 bridgehead atoms. The number of likely N-dealkylation sites (N-methyl/N-ethyl adjacent to an activating group) is 1. The summed E-state index contributed by atoms with van der Waals surface area (Å²) < 4.78 is 3.33. The highest BCUT2D eigenvalue weighted by Gasteiger charge is 2.17. The van der Waals surface area contributed by atoms with E-state index in [-0.39, 0.29) is 6.04 Å². The number of hydrogen-bond donors (Lipinski definition) is 1. The third-order valence-corrected chi connectivity index (χ3v) is 4.94. The number of rotatable bonds is 6. The lowest BCUT2D eigenvalue weighted by Crippen LogP contribution is -2.22. The molecule has 2 rings (SSSR count). The van der Waals surface area contributed by atoms with Crippen LogP contribution in [0.25, 0.3) is 0 Å². The molecule has 1 aromatic heterocycles. The molecule has 0 saturated carbocycles. The van der Waals surface area contributed by atoms with E-state index in [4.69, 9.17) is 0 Å². The number of hydrogen-bond acceptors (Lipinski definition) is 3. The van der Waals surface area contributed by atoms with E-state index in [0.717, 1.165) is 25.2 Å². The van der Waals surface area contributed by atoms with Crippen LogP contribution in [0.2, 0.25) is 0 Å². The van der Waals surface area contributed by atoms with E-state index in [2.05, 4.69) is 70.0 Å². The maximum atomic E-state index is 4.41. The largest absolute Gasteiger partial charge is 0.313 e. The van der Waals surface area contributed by atoms with E-state index in [1.807, 2.05) is 11.7 Å². The summed E-state index contributed by atoms with van der Waals surface area (Å²) in [4.78, 5) is 4.41. The highest BCUT2D eigenvalue weighted by molar-refractivity contribution is 14.1. The molecule has 0 saturated heterocycles. The number of aromatic nitrogens is 3. The van der Waals surface area contributed by atoms with Gasteiger partial charge in [-0.1, -0.05) is 25.1 Å². The topological polar surface area (TPSA) is 42.7 Å². The van der Waals surface area contributed by atoms with Crippen LogP contribution in [-0.4, -0.2) is 21.8 Å². The summed E-state index contributed by atoms with van der Waals surface area (Å²) >= 11 is 2.43. The fourth-order valence-electron chi connectivity index (χ4n) is 2.33. The van der Waals surface area contributed by atoms with E-state index in [9.17, 15) is 0 Å². The molecular weight excluding hydrogens is 363 g/mol. The summed E-state index contributed by atoms with van der Waals surface area (Å²) in [5, 5.41) is 7.71. The van der Waals surface area contributed by atoms with Crippen LogP contribution < -0.4 is 5.32 Å². The van der Waals surface area contributed by atoms with E-state index in [1.165, 1.54) is 14.7 Å². The van der Waals surface area contributed by atoms with Crippen LogP contribution in [-0.2, 0) is 13.0 Å². The fourth-order valence-corrected chi connectivity index (χ4v) is 3.07. The van der Waals surface area contributed by atoms with Crippen LogP contribution in [0.5, 0.6) is 0 Å². The maximum absolute atomic E-state index is 4.41. The average molecular weight is 384 g/mol. The third kappa shape index (κ3) is 3.38. The van der Waals surface area contributed by atoms with Gasteiger partial charge in [0.15, 0.2) is 0 Å². The second-order valence-electron chi connectivity index (χ2n) is 4.92. The summed E-state index contributed by atoms with van der Waals surface area (Å²) in [5.74, 6) is 1.04. The summed E-state index contributed by atoms with van der Waals surface area (Å²) in [6, 6.07) is 6.73. The normalized spacial score (nSPS) is 12.6. The van der Waals surface area contributed by atoms with Gasteiger partial charge in [-0.15, -0.1) is 0 Å². The lowest BCUT2D eigenvalue weighted by Gasteiger charge is -2.19. The highest BCUT2D eigenvalue weighted by atomic mass is 127. The molecular formula is C15H21IN4. The molecule has 1 atom stereocenters. The van der Waals surface area contributed by atoms with Gasteiger partial charge in [-0.25, -0.2) is 4.98 Å². The van der Waals surface area contributed by atoms with E-state index in [0.29, 0.717) is 0 Å². The van der Waals surface area contributed by atoms with E-state index in [1.54, 1.807) is 6.33 Å². The van der Waals surface area contributed by atoms with Crippen molar-refractivity contribution in [2.24, 2.45) is 0 Å². The molecule has 1 unspecified atom stereocenters. The zero-order valence-corrected chi connectivity index (χ0v) is 14.4. The zero-order chi connectivity index (χ0) is 14.5. The van der Waals surface area contributed by atoms with Crippen LogP contribution in [0.15, 0.2) is 24.5 Å². The van der Waals surface area contributed by atoms with Gasteiger partial charge in [0, 0.05) is 22.6 Å². The van der Waals surface area contributed by atoms with Gasteiger partial charge < -0.3 is 5.32 Å². The van der Waals surface area contributed by atoms with Crippen molar-refractivity contribution in [1.29, 1.82) is 0 Å². The molecule has 0 radical (unpaired) electrons. The molecule has 1 N–H and O–H groups in total. The SMILES string of the molecule is CCCn1ncnc1CC(NC)c1cccc(C)c1I. The summed E-state index contributed by atoms with van der Waals surface area (Å²) in [5.41, 5.74) is 2.65. The minimum absolute atomic E-state index is 0.265. The van der Waals surface area contributed by atoms with E-state index < -0.39 is 0 Å². The van der Waals surface area contributed by atoms with Gasteiger partial charge in [0.2, 0.25) is 0 Å². The lowest BCUT2D eigenvalue weighted by atomic mass is 10.0. The Hall–Kier alpha value is -0.950. The first kappa shape index (κ1) is 15.4. The minimum Gasteiger partial charge on any atom is -0.313 e. The first-order chi connectivity index (χ1) is 9.67. The Balaban J connectivity index is 2.24. The molecule has 0 spiro atoms. The Kier molecular flexibility index (Phi) is 5.54. The summed E-state index contributed by atoms with van der Waals surface area (Å²) in [6.45, 7) is 5.23. The number of nitrogens with one attached hydrogen (secondary N) is 1. The standard InChI is InChI=1S/C15H21IN4/c1-4-8-20-14(18-10-19-20)9-13(17-3)12-7-5-6-11(2)15(12)16/h5-7,10,13,17H,4,8-9H2,1-3H3. The predicted octanol–water partition coefficient (Wildman–Crippen LogP) is 3.10. The third-order valence-electron chi connectivity index (χ3n) is 3.46. The van der Waals surface area contributed by atoms with Crippen molar-refractivity contribution in [1.82, 2.24) is 20.1 Å². The van der Waals surface area contributed by atoms with Gasteiger partial charge in [0.1, 0.15) is 12.2 Å². The number of nitrogens with zero attached hydrogens (tertiary/aromatic N) is 3. The van der Waals surface area contributed by atoms with Crippen molar-refractivity contribution in [3.05, 3.63) is 45.0 Å². The summed E-state index contributed by atoms with van der Waals surface area (Å²) in [7, 11) is 2.00. The highest BCUT2D eigenvalue weighted by Crippen LogP contribution is 2.25. The molecule has 0 fully saturated rings. The molecule has 0 aliphatic carbocycles. The van der Waals surface area contributed by atoms with Crippen LogP contribution in [0.1, 0.15) is 36.3 Å². The molecule has 0 aliphatic heterocycles. The van der Waals surface area contributed by atoms with Crippen molar-refractivity contribution in [2.75, 3.05) is 7.05 Å². The molecule has 108 valence electrons. The minimum atomic E-state index is 0.265. The smallest absolute Gasteiger partial charge is 0.138 e. The van der Waals surface area contributed by atoms with Gasteiger partial charge in [0.05, 0.1) is 0 Å². The molecule has 2 aromatic rings. The van der Waals surface area contributed by atoms with Gasteiger partial charge in [0.25, 0.3) is 0 Å². The molecule has 4 nitrogen and oxygen atoms in total. The first-order valence-corrected chi connectivity index (χ1v) is 8.04.